The number of hydrogen-bond acceptors (Lipinski definition) is 3. The van der Waals surface area contributed by atoms with Crippen LogP contribution in [0.4, 0.5) is 5.13 Å². The maximum Gasteiger partial charge on any atom is 0.233 e. The van der Waals surface area contributed by atoms with Gasteiger partial charge in [0.25, 0.3) is 0 Å². The van der Waals surface area contributed by atoms with Crippen LogP contribution in [0.5, 0.6) is 0 Å². The Morgan fingerprint density at radius 3 is 2.52 bits per heavy atom. The lowest BCUT2D eigenvalue weighted by molar-refractivity contribution is -0.118. The molecule has 0 bridgehead atoms. The SMILES string of the molecule is Cc1cc(Cl)cc2sc(N(Cc3ccccc3)C(=O)Cc3ccccc3Cl)nc12. The molecule has 0 fully saturated rings. The molecule has 0 aliphatic heterocycles. The predicted molar refractivity (Wildman–Crippen MR) is 122 cm³/mol. The molecular formula is C23H18Cl2N2OS. The molecule has 0 aliphatic rings. The molecule has 0 aliphatic carbocycles. The molecule has 1 amide bonds. The Kier molecular flexibility index (Phi) is 5.86. The number of carbonyl (C=O) groups excluding carboxylic acids is 1. The number of aryl methyl sites for hydroxylation is 1. The monoisotopic (exact) mass is 440 g/mol. The highest BCUT2D eigenvalue weighted by molar-refractivity contribution is 7.22. The number of aromatic nitrogens is 1. The minimum atomic E-state index is -0.0511. The molecule has 6 heteroatoms. The highest BCUT2D eigenvalue weighted by atomic mass is 35.5. The molecule has 4 rings (SSSR count). The van der Waals surface area contributed by atoms with Crippen LogP contribution in [0.25, 0.3) is 10.2 Å². The number of nitrogens with zero attached hydrogens (tertiary/aromatic N) is 2. The van der Waals surface area contributed by atoms with Crippen molar-refractivity contribution in [3.05, 3.63) is 93.5 Å². The summed E-state index contributed by atoms with van der Waals surface area (Å²) in [6.07, 6.45) is 0.210. The van der Waals surface area contributed by atoms with E-state index in [-0.39, 0.29) is 12.3 Å². The van der Waals surface area contributed by atoms with Gasteiger partial charge in [-0.25, -0.2) is 4.98 Å². The Hall–Kier alpha value is -2.40. The molecule has 3 nitrogen and oxygen atoms in total. The van der Waals surface area contributed by atoms with Crippen molar-refractivity contribution >= 4 is 55.8 Å². The molecule has 0 saturated heterocycles. The van der Waals surface area contributed by atoms with E-state index in [1.807, 2.05) is 67.6 Å². The van der Waals surface area contributed by atoms with Crippen LogP contribution >= 0.6 is 34.5 Å². The molecular weight excluding hydrogens is 423 g/mol. The summed E-state index contributed by atoms with van der Waals surface area (Å²) in [5, 5.41) is 1.92. The number of fused-ring (bicyclic) bond motifs is 1. The number of thiazole rings is 1. The summed E-state index contributed by atoms with van der Waals surface area (Å²) in [5.41, 5.74) is 3.71. The van der Waals surface area contributed by atoms with Gasteiger partial charge in [0.05, 0.1) is 23.2 Å². The Morgan fingerprint density at radius 2 is 1.76 bits per heavy atom. The van der Waals surface area contributed by atoms with Crippen molar-refractivity contribution < 1.29 is 4.79 Å². The Morgan fingerprint density at radius 1 is 1.03 bits per heavy atom. The van der Waals surface area contributed by atoms with Gasteiger partial charge in [0.15, 0.2) is 5.13 Å². The van der Waals surface area contributed by atoms with Crippen LogP contribution in [-0.4, -0.2) is 10.9 Å². The fourth-order valence-corrected chi connectivity index (χ4v) is 4.83. The maximum atomic E-state index is 13.3. The molecule has 3 aromatic carbocycles. The number of amides is 1. The zero-order valence-corrected chi connectivity index (χ0v) is 18.1. The molecule has 29 heavy (non-hydrogen) atoms. The standard InChI is InChI=1S/C23H18Cl2N2OS/c1-15-11-18(24)13-20-22(15)26-23(29-20)27(14-16-7-3-2-4-8-16)21(28)12-17-9-5-6-10-19(17)25/h2-11,13H,12,14H2,1H3. The minimum absolute atomic E-state index is 0.0511. The lowest BCUT2D eigenvalue weighted by atomic mass is 10.1. The highest BCUT2D eigenvalue weighted by Crippen LogP contribution is 2.34. The van der Waals surface area contributed by atoms with Crippen LogP contribution in [0.3, 0.4) is 0 Å². The number of hydrogen-bond donors (Lipinski definition) is 0. The van der Waals surface area contributed by atoms with Crippen molar-refractivity contribution in [2.45, 2.75) is 19.9 Å². The first-order valence-corrected chi connectivity index (χ1v) is 10.7. The second kappa shape index (κ2) is 8.54. The lowest BCUT2D eigenvalue weighted by Gasteiger charge is -2.20. The molecule has 0 N–H and O–H groups in total. The largest absolute Gasteiger partial charge is 0.283 e. The average Bonchev–Trinajstić information content (AvgIpc) is 3.12. The van der Waals surface area contributed by atoms with Crippen LogP contribution in [0.1, 0.15) is 16.7 Å². The van der Waals surface area contributed by atoms with Crippen molar-refractivity contribution in [2.24, 2.45) is 0 Å². The number of halogens is 2. The fourth-order valence-electron chi connectivity index (χ4n) is 3.19. The molecule has 0 saturated carbocycles. The van der Waals surface area contributed by atoms with Gasteiger partial charge in [-0.3, -0.25) is 9.69 Å². The molecule has 0 unspecified atom stereocenters. The van der Waals surface area contributed by atoms with Gasteiger partial charge in [0.2, 0.25) is 5.91 Å². The van der Waals surface area contributed by atoms with Crippen molar-refractivity contribution in [1.29, 1.82) is 0 Å². The van der Waals surface area contributed by atoms with Crippen molar-refractivity contribution in [2.75, 3.05) is 4.90 Å². The van der Waals surface area contributed by atoms with E-state index in [9.17, 15) is 4.79 Å². The summed E-state index contributed by atoms with van der Waals surface area (Å²) in [7, 11) is 0. The van der Waals surface area contributed by atoms with Gasteiger partial charge < -0.3 is 0 Å². The fraction of sp³-hybridized carbons (Fsp3) is 0.130. The second-order valence-corrected chi connectivity index (χ2v) is 8.65. The second-order valence-electron chi connectivity index (χ2n) is 6.80. The van der Waals surface area contributed by atoms with E-state index in [4.69, 9.17) is 28.2 Å². The molecule has 1 aromatic heterocycles. The van der Waals surface area contributed by atoms with Gasteiger partial charge in [0.1, 0.15) is 0 Å². The van der Waals surface area contributed by atoms with Crippen LogP contribution in [-0.2, 0) is 17.8 Å². The third-order valence-corrected chi connectivity index (χ3v) is 6.27. The van der Waals surface area contributed by atoms with E-state index >= 15 is 0 Å². The molecule has 146 valence electrons. The molecule has 1 heterocycles. The van der Waals surface area contributed by atoms with Crippen LogP contribution in [0.15, 0.2) is 66.7 Å². The quantitative estimate of drug-likeness (QED) is 0.346. The number of anilines is 1. The minimum Gasteiger partial charge on any atom is -0.283 e. The van der Waals surface area contributed by atoms with Gasteiger partial charge in [-0.1, -0.05) is 83.1 Å². The van der Waals surface area contributed by atoms with Gasteiger partial charge in [-0.05, 0) is 41.8 Å². The zero-order valence-electron chi connectivity index (χ0n) is 15.7. The highest BCUT2D eigenvalue weighted by Gasteiger charge is 2.22. The van der Waals surface area contributed by atoms with Gasteiger partial charge in [-0.2, -0.15) is 0 Å². The summed E-state index contributed by atoms with van der Waals surface area (Å²) in [6.45, 7) is 2.42. The molecule has 0 radical (unpaired) electrons. The van der Waals surface area contributed by atoms with E-state index < -0.39 is 0 Å². The maximum absolute atomic E-state index is 13.3. The summed E-state index contributed by atoms with van der Waals surface area (Å²) >= 11 is 14.0. The number of rotatable bonds is 5. The van der Waals surface area contributed by atoms with E-state index in [2.05, 4.69) is 0 Å². The van der Waals surface area contributed by atoms with E-state index in [1.165, 1.54) is 11.3 Å². The molecule has 0 atom stereocenters. The Balaban J connectivity index is 1.73. The zero-order chi connectivity index (χ0) is 20.4. The first-order valence-electron chi connectivity index (χ1n) is 9.15. The smallest absolute Gasteiger partial charge is 0.233 e. The lowest BCUT2D eigenvalue weighted by Crippen LogP contribution is -2.31. The topological polar surface area (TPSA) is 33.2 Å². The van der Waals surface area contributed by atoms with Crippen molar-refractivity contribution in [3.63, 3.8) is 0 Å². The number of benzene rings is 3. The van der Waals surface area contributed by atoms with E-state index in [0.29, 0.717) is 21.7 Å². The van der Waals surface area contributed by atoms with Gasteiger partial charge in [0, 0.05) is 10.0 Å². The van der Waals surface area contributed by atoms with Crippen molar-refractivity contribution in [1.82, 2.24) is 4.98 Å². The predicted octanol–water partition coefficient (Wildman–Crippen LogP) is 6.69. The van der Waals surface area contributed by atoms with Crippen molar-refractivity contribution in [3.8, 4) is 0 Å². The number of carbonyl (C=O) groups is 1. The van der Waals surface area contributed by atoms with Crippen LogP contribution in [0.2, 0.25) is 10.0 Å². The third-order valence-electron chi connectivity index (χ3n) is 4.65. The third kappa shape index (κ3) is 4.45. The van der Waals surface area contributed by atoms with Crippen LogP contribution in [0, 0.1) is 6.92 Å². The first kappa shape index (κ1) is 19.9. The Labute approximate surface area is 183 Å². The summed E-state index contributed by atoms with van der Waals surface area (Å²) < 4.78 is 0.966. The average molecular weight is 441 g/mol. The van der Waals surface area contributed by atoms with E-state index in [1.54, 1.807) is 11.0 Å². The van der Waals surface area contributed by atoms with Gasteiger partial charge in [-0.15, -0.1) is 0 Å². The van der Waals surface area contributed by atoms with Gasteiger partial charge >= 0.3 is 0 Å². The van der Waals surface area contributed by atoms with Crippen LogP contribution < -0.4 is 4.90 Å². The summed E-state index contributed by atoms with van der Waals surface area (Å²) in [5.74, 6) is -0.0511. The van der Waals surface area contributed by atoms with E-state index in [0.717, 1.165) is 26.9 Å². The molecule has 0 spiro atoms. The summed E-state index contributed by atoms with van der Waals surface area (Å²) in [4.78, 5) is 19.8. The normalized spacial score (nSPS) is 11.0. The first-order chi connectivity index (χ1) is 14.0. The summed E-state index contributed by atoms with van der Waals surface area (Å²) in [6, 6.07) is 21.1. The molecule has 4 aromatic rings. The Bertz CT molecular complexity index is 1170.